The normalized spacial score (nSPS) is 14.3. The van der Waals surface area contributed by atoms with Gasteiger partial charge < -0.3 is 10.2 Å². The lowest BCUT2D eigenvalue weighted by Gasteiger charge is -2.10. The van der Waals surface area contributed by atoms with E-state index in [4.69, 9.17) is 11.6 Å². The van der Waals surface area contributed by atoms with Crippen molar-refractivity contribution in [3.05, 3.63) is 37.8 Å². The highest BCUT2D eigenvalue weighted by Crippen LogP contribution is 2.35. The molecule has 0 atom stereocenters. The summed E-state index contributed by atoms with van der Waals surface area (Å²) in [6.07, 6.45) is 0. The van der Waals surface area contributed by atoms with E-state index < -0.39 is 5.82 Å². The van der Waals surface area contributed by atoms with Gasteiger partial charge in [0.25, 0.3) is 5.91 Å². The Bertz CT molecular complexity index is 783. The monoisotopic (exact) mass is 403 g/mol. The fourth-order valence-corrected chi connectivity index (χ4v) is 3.70. The Kier molecular flexibility index (Phi) is 4.16. The van der Waals surface area contributed by atoms with Gasteiger partial charge in [-0.3, -0.25) is 9.59 Å². The lowest BCUT2D eigenvalue weighted by molar-refractivity contribution is -0.118. The van der Waals surface area contributed by atoms with Crippen molar-refractivity contribution in [1.82, 2.24) is 15.2 Å². The largest absolute Gasteiger partial charge is 0.337 e. The van der Waals surface area contributed by atoms with E-state index >= 15 is 0 Å². The number of thiazole rings is 1. The minimum atomic E-state index is -0.519. The second kappa shape index (κ2) is 5.94. The summed E-state index contributed by atoms with van der Waals surface area (Å²) in [6, 6.07) is 4.23. The Labute approximate surface area is 142 Å². The fraction of sp³-hybridized carbons (Fsp3) is 0.154. The smallest absolute Gasteiger partial charge is 0.284 e. The minimum Gasteiger partial charge on any atom is -0.337 e. The Morgan fingerprint density at radius 2 is 2.27 bits per heavy atom. The predicted octanol–water partition coefficient (Wildman–Crippen LogP) is 2.89. The summed E-state index contributed by atoms with van der Waals surface area (Å²) in [6.45, 7) is 0.195. The molecule has 0 unspecified atom stereocenters. The Morgan fingerprint density at radius 1 is 1.50 bits per heavy atom. The van der Waals surface area contributed by atoms with Crippen molar-refractivity contribution in [3.63, 3.8) is 0 Å². The summed E-state index contributed by atoms with van der Waals surface area (Å²) in [5.41, 5.74) is 1.11. The van der Waals surface area contributed by atoms with Gasteiger partial charge >= 0.3 is 0 Å². The molecule has 2 heterocycles. The average Bonchev–Trinajstić information content (AvgIpc) is 3.07. The molecule has 0 saturated carbocycles. The van der Waals surface area contributed by atoms with Crippen molar-refractivity contribution in [1.29, 1.82) is 0 Å². The van der Waals surface area contributed by atoms with E-state index in [0.717, 1.165) is 11.3 Å². The van der Waals surface area contributed by atoms with Crippen LogP contribution in [-0.4, -0.2) is 34.9 Å². The summed E-state index contributed by atoms with van der Waals surface area (Å²) >= 11 is 10.3. The molecule has 2 aromatic rings. The van der Waals surface area contributed by atoms with Gasteiger partial charge in [-0.15, -0.1) is 11.3 Å². The van der Waals surface area contributed by atoms with Gasteiger partial charge in [0, 0.05) is 5.56 Å². The molecule has 1 N–H and O–H groups in total. The van der Waals surface area contributed by atoms with Crippen LogP contribution in [0, 0.1) is 5.82 Å². The third-order valence-corrected chi connectivity index (χ3v) is 5.03. The predicted molar refractivity (Wildman–Crippen MR) is 84.3 cm³/mol. The van der Waals surface area contributed by atoms with Crippen LogP contribution >= 0.6 is 38.9 Å². The van der Waals surface area contributed by atoms with E-state index in [1.807, 2.05) is 0 Å². The van der Waals surface area contributed by atoms with Crippen LogP contribution in [0.15, 0.2) is 22.0 Å². The topological polar surface area (TPSA) is 62.3 Å². The van der Waals surface area contributed by atoms with Crippen LogP contribution in [0.4, 0.5) is 4.39 Å². The van der Waals surface area contributed by atoms with Crippen LogP contribution < -0.4 is 5.32 Å². The fourth-order valence-electron chi connectivity index (χ4n) is 1.96. The van der Waals surface area contributed by atoms with Gasteiger partial charge in [0.15, 0.2) is 5.01 Å². The first-order valence-corrected chi connectivity index (χ1v) is 8.12. The van der Waals surface area contributed by atoms with Gasteiger partial charge in [-0.25, -0.2) is 9.37 Å². The highest BCUT2D eigenvalue weighted by Gasteiger charge is 2.27. The maximum absolute atomic E-state index is 13.2. The number of amides is 2. The molecule has 5 nitrogen and oxygen atoms in total. The van der Waals surface area contributed by atoms with Crippen LogP contribution in [0.25, 0.3) is 11.3 Å². The van der Waals surface area contributed by atoms with Crippen molar-refractivity contribution in [3.8, 4) is 11.3 Å². The van der Waals surface area contributed by atoms with Gasteiger partial charge in [0.05, 0.1) is 21.2 Å². The van der Waals surface area contributed by atoms with Gasteiger partial charge in [0.2, 0.25) is 5.91 Å². The number of rotatable bonds is 2. The van der Waals surface area contributed by atoms with E-state index in [-0.39, 0.29) is 35.1 Å². The molecule has 1 fully saturated rings. The van der Waals surface area contributed by atoms with Crippen LogP contribution in [-0.2, 0) is 4.79 Å². The number of nitrogens with one attached hydrogen (secondary N) is 1. The summed E-state index contributed by atoms with van der Waals surface area (Å²) in [5, 5.41) is 2.79. The lowest BCUT2D eigenvalue weighted by atomic mass is 10.2. The summed E-state index contributed by atoms with van der Waals surface area (Å²) < 4.78 is 13.9. The lowest BCUT2D eigenvalue weighted by Crippen LogP contribution is -2.29. The molecular weight excluding hydrogens is 397 g/mol. The van der Waals surface area contributed by atoms with E-state index in [1.54, 1.807) is 0 Å². The number of nitrogens with zero attached hydrogens (tertiary/aromatic N) is 2. The molecule has 1 aromatic heterocycles. The molecule has 114 valence electrons. The summed E-state index contributed by atoms with van der Waals surface area (Å²) in [7, 11) is 0. The maximum atomic E-state index is 13.2. The molecule has 0 aliphatic carbocycles. The van der Waals surface area contributed by atoms with Crippen molar-refractivity contribution < 1.29 is 14.0 Å². The van der Waals surface area contributed by atoms with Crippen molar-refractivity contribution >= 4 is 50.7 Å². The van der Waals surface area contributed by atoms with Crippen LogP contribution in [0.2, 0.25) is 5.02 Å². The number of benzene rings is 1. The van der Waals surface area contributed by atoms with Crippen LogP contribution in [0.5, 0.6) is 0 Å². The third kappa shape index (κ3) is 2.86. The second-order valence-corrected chi connectivity index (χ2v) is 7.26. The zero-order valence-electron chi connectivity index (χ0n) is 10.9. The van der Waals surface area contributed by atoms with Crippen molar-refractivity contribution in [2.24, 2.45) is 0 Å². The number of hydrogen-bond donors (Lipinski definition) is 1. The second-order valence-electron chi connectivity index (χ2n) is 4.53. The van der Waals surface area contributed by atoms with Gasteiger partial charge in [0.1, 0.15) is 12.4 Å². The van der Waals surface area contributed by atoms with Gasteiger partial charge in [-0.05, 0) is 34.1 Å². The van der Waals surface area contributed by atoms with Crippen LogP contribution in [0.1, 0.15) is 9.80 Å². The number of carbonyl (C=O) groups excluding carboxylic acids is 2. The van der Waals surface area contributed by atoms with E-state index in [1.165, 1.54) is 23.1 Å². The van der Waals surface area contributed by atoms with E-state index in [9.17, 15) is 14.0 Å². The molecule has 1 aliphatic rings. The first kappa shape index (κ1) is 15.4. The van der Waals surface area contributed by atoms with Crippen LogP contribution in [0.3, 0.4) is 0 Å². The molecule has 22 heavy (non-hydrogen) atoms. The molecule has 1 aliphatic heterocycles. The number of carbonyl (C=O) groups is 2. The number of halogens is 3. The minimum absolute atomic E-state index is 0.0142. The van der Waals surface area contributed by atoms with Crippen molar-refractivity contribution in [2.75, 3.05) is 13.2 Å². The molecule has 0 spiro atoms. The Hall–Kier alpha value is -1.51. The third-order valence-electron chi connectivity index (χ3n) is 3.05. The zero-order valence-corrected chi connectivity index (χ0v) is 14.1. The van der Waals surface area contributed by atoms with E-state index in [2.05, 4.69) is 26.2 Å². The quantitative estimate of drug-likeness (QED) is 0.837. The molecule has 1 saturated heterocycles. The first-order chi connectivity index (χ1) is 10.5. The highest BCUT2D eigenvalue weighted by atomic mass is 79.9. The maximum Gasteiger partial charge on any atom is 0.284 e. The zero-order chi connectivity index (χ0) is 15.9. The Morgan fingerprint density at radius 3 is 2.91 bits per heavy atom. The summed E-state index contributed by atoms with van der Waals surface area (Å²) in [4.78, 5) is 29.1. The van der Waals surface area contributed by atoms with Gasteiger partial charge in [-0.1, -0.05) is 11.6 Å². The standard InChI is InChI=1S/C13H8BrClFN3O2S/c14-11-10(6-1-2-8(16)7(15)3-6)18-12(22-11)13(21)19-4-9(20)17-5-19/h1-3H,4-5H2,(H,17,20). The number of aromatic nitrogens is 1. The molecular formula is C13H8BrClFN3O2S. The molecule has 0 radical (unpaired) electrons. The summed E-state index contributed by atoms with van der Waals surface area (Å²) in [5.74, 6) is -1.05. The average molecular weight is 405 g/mol. The highest BCUT2D eigenvalue weighted by molar-refractivity contribution is 9.11. The Balaban J connectivity index is 1.92. The molecule has 1 aromatic carbocycles. The molecule has 9 heteroatoms. The number of hydrogen-bond acceptors (Lipinski definition) is 4. The van der Waals surface area contributed by atoms with Crippen molar-refractivity contribution in [2.45, 2.75) is 0 Å². The molecule has 0 bridgehead atoms. The SMILES string of the molecule is O=C1CN(C(=O)c2nc(-c3ccc(F)c(Cl)c3)c(Br)s2)CN1. The van der Waals surface area contributed by atoms with E-state index in [0.29, 0.717) is 15.0 Å². The molecule has 2 amide bonds. The first-order valence-electron chi connectivity index (χ1n) is 6.13. The van der Waals surface area contributed by atoms with Gasteiger partial charge in [-0.2, -0.15) is 0 Å². The molecule has 3 rings (SSSR count).